The van der Waals surface area contributed by atoms with E-state index < -0.39 is 20.6 Å². The Balaban J connectivity index is 3.18. The molecule has 0 heterocycles. The summed E-state index contributed by atoms with van der Waals surface area (Å²) < 4.78 is 59.6. The molecule has 0 bridgehead atoms. The Hall–Kier alpha value is -0.560. The van der Waals surface area contributed by atoms with E-state index in [4.69, 9.17) is 0 Å². The third kappa shape index (κ3) is 2.57. The highest BCUT2D eigenvalue weighted by Crippen LogP contribution is 2.35. The second-order valence-corrected chi connectivity index (χ2v) is 6.36. The van der Waals surface area contributed by atoms with Gasteiger partial charge >= 0.3 is 5.51 Å². The van der Waals surface area contributed by atoms with E-state index in [1.807, 2.05) is 0 Å². The Morgan fingerprint density at radius 1 is 1.31 bits per heavy atom. The molecule has 0 saturated heterocycles. The van der Waals surface area contributed by atoms with Crippen LogP contribution in [0, 0.1) is 0 Å². The topological polar surface area (TPSA) is 34.1 Å². The molecule has 7 heteroatoms. The van der Waals surface area contributed by atoms with Gasteiger partial charge in [0.1, 0.15) is 0 Å². The first-order valence-electron chi connectivity index (χ1n) is 4.22. The van der Waals surface area contributed by atoms with Gasteiger partial charge in [0.15, 0.2) is 0 Å². The minimum Gasteiger partial charge on any atom is -0.219 e. The van der Waals surface area contributed by atoms with Crippen molar-refractivity contribution >= 4 is 25.8 Å². The highest BCUT2D eigenvalue weighted by molar-refractivity contribution is 9.10. The average molecular weight is 317 g/mol. The van der Waals surface area contributed by atoms with Crippen molar-refractivity contribution in [1.82, 2.24) is 0 Å². The third-order valence-corrected chi connectivity index (χ3v) is 4.45. The predicted octanol–water partition coefficient (Wildman–Crippen LogP) is 3.44. The fourth-order valence-electron chi connectivity index (χ4n) is 1.14. The lowest BCUT2D eigenvalue weighted by molar-refractivity contribution is -0.0443. The standard InChI is InChI=1S/C9H8BrF3O2S/c1-6(16(14,15)9(11,12)13)7-3-2-4-8(10)5-7/h2-6H,1H3. The minimum atomic E-state index is -5.23. The van der Waals surface area contributed by atoms with Gasteiger partial charge in [0.25, 0.3) is 9.84 Å². The van der Waals surface area contributed by atoms with Crippen LogP contribution in [-0.2, 0) is 9.84 Å². The second-order valence-electron chi connectivity index (χ2n) is 3.19. The molecule has 90 valence electrons. The molecule has 0 radical (unpaired) electrons. The molecule has 0 saturated carbocycles. The highest BCUT2D eigenvalue weighted by Gasteiger charge is 2.49. The fourth-order valence-corrected chi connectivity index (χ4v) is 2.46. The van der Waals surface area contributed by atoms with Crippen LogP contribution in [0.4, 0.5) is 13.2 Å². The normalized spacial score (nSPS) is 14.8. The Kier molecular flexibility index (Phi) is 3.69. The quantitative estimate of drug-likeness (QED) is 0.837. The molecule has 1 atom stereocenters. The van der Waals surface area contributed by atoms with Crippen LogP contribution in [0.25, 0.3) is 0 Å². The number of sulfone groups is 1. The average Bonchev–Trinajstić information content (AvgIpc) is 2.14. The molecule has 1 aromatic carbocycles. The Bertz CT molecular complexity index is 482. The summed E-state index contributed by atoms with van der Waals surface area (Å²) in [4.78, 5) is 0. The van der Waals surface area contributed by atoms with Gasteiger partial charge < -0.3 is 0 Å². The van der Waals surface area contributed by atoms with E-state index in [1.54, 1.807) is 6.07 Å². The summed E-state index contributed by atoms with van der Waals surface area (Å²) >= 11 is 3.07. The predicted molar refractivity (Wildman–Crippen MR) is 57.5 cm³/mol. The summed E-state index contributed by atoms with van der Waals surface area (Å²) in [5, 5.41) is -1.61. The first-order chi connectivity index (χ1) is 7.16. The van der Waals surface area contributed by atoms with E-state index in [1.165, 1.54) is 18.2 Å². The Labute approximate surface area is 99.5 Å². The molecule has 0 aliphatic carbocycles. The van der Waals surface area contributed by atoms with Crippen LogP contribution in [0.2, 0.25) is 0 Å². The zero-order chi connectivity index (χ0) is 12.6. The van der Waals surface area contributed by atoms with Gasteiger partial charge in [-0.15, -0.1) is 0 Å². The van der Waals surface area contributed by atoms with Crippen molar-refractivity contribution < 1.29 is 21.6 Å². The van der Waals surface area contributed by atoms with Crippen LogP contribution in [0.5, 0.6) is 0 Å². The van der Waals surface area contributed by atoms with E-state index in [0.29, 0.717) is 4.47 Å². The van der Waals surface area contributed by atoms with Crippen LogP contribution in [0.3, 0.4) is 0 Å². The molecule has 16 heavy (non-hydrogen) atoms. The largest absolute Gasteiger partial charge is 0.497 e. The molecule has 0 amide bonds. The number of halogens is 4. The molecule has 0 spiro atoms. The lowest BCUT2D eigenvalue weighted by Gasteiger charge is -2.15. The molecule has 0 N–H and O–H groups in total. The van der Waals surface area contributed by atoms with Crippen molar-refractivity contribution in [3.8, 4) is 0 Å². The molecule has 0 aromatic heterocycles. The maximum atomic E-state index is 12.3. The monoisotopic (exact) mass is 316 g/mol. The summed E-state index contributed by atoms with van der Waals surface area (Å²) in [6.45, 7) is 1.02. The van der Waals surface area contributed by atoms with E-state index in [9.17, 15) is 21.6 Å². The van der Waals surface area contributed by atoms with Crippen LogP contribution in [0.15, 0.2) is 28.7 Å². The first-order valence-corrected chi connectivity index (χ1v) is 6.56. The maximum Gasteiger partial charge on any atom is 0.497 e. The van der Waals surface area contributed by atoms with Gasteiger partial charge in [-0.1, -0.05) is 28.1 Å². The molecule has 2 nitrogen and oxygen atoms in total. The summed E-state index contributed by atoms with van der Waals surface area (Å²) in [6.07, 6.45) is 0. The molecule has 1 aromatic rings. The number of alkyl halides is 3. The first kappa shape index (κ1) is 13.5. The second kappa shape index (κ2) is 4.37. The Morgan fingerprint density at radius 2 is 1.88 bits per heavy atom. The lowest BCUT2D eigenvalue weighted by Crippen LogP contribution is -2.27. The summed E-state index contributed by atoms with van der Waals surface area (Å²) in [5.74, 6) is 0. The molecule has 0 aliphatic rings. The van der Waals surface area contributed by atoms with Crippen LogP contribution < -0.4 is 0 Å². The molecule has 0 aliphatic heterocycles. The zero-order valence-electron chi connectivity index (χ0n) is 8.12. The molecule has 1 unspecified atom stereocenters. The highest BCUT2D eigenvalue weighted by atomic mass is 79.9. The fraction of sp³-hybridized carbons (Fsp3) is 0.333. The van der Waals surface area contributed by atoms with Crippen molar-refractivity contribution in [3.05, 3.63) is 34.3 Å². The Morgan fingerprint density at radius 3 is 2.31 bits per heavy atom. The lowest BCUT2D eigenvalue weighted by atomic mass is 10.2. The van der Waals surface area contributed by atoms with E-state index in [-0.39, 0.29) is 5.56 Å². The van der Waals surface area contributed by atoms with Crippen molar-refractivity contribution in [2.24, 2.45) is 0 Å². The van der Waals surface area contributed by atoms with Gasteiger partial charge in [0, 0.05) is 4.47 Å². The van der Waals surface area contributed by atoms with Gasteiger partial charge in [0.2, 0.25) is 0 Å². The SMILES string of the molecule is CC(c1cccc(Br)c1)S(=O)(=O)C(F)(F)F. The van der Waals surface area contributed by atoms with E-state index >= 15 is 0 Å². The number of benzene rings is 1. The van der Waals surface area contributed by atoms with E-state index in [2.05, 4.69) is 15.9 Å². The van der Waals surface area contributed by atoms with Crippen molar-refractivity contribution in [3.63, 3.8) is 0 Å². The molecule has 0 fully saturated rings. The number of hydrogen-bond acceptors (Lipinski definition) is 2. The smallest absolute Gasteiger partial charge is 0.219 e. The molecular weight excluding hydrogens is 309 g/mol. The van der Waals surface area contributed by atoms with Crippen molar-refractivity contribution in [2.45, 2.75) is 17.7 Å². The van der Waals surface area contributed by atoms with Gasteiger partial charge in [-0.2, -0.15) is 13.2 Å². The van der Waals surface area contributed by atoms with Crippen LogP contribution in [0.1, 0.15) is 17.7 Å². The molecule has 1 rings (SSSR count). The summed E-state index contributed by atoms with van der Waals surface area (Å²) in [6, 6.07) is 5.80. The van der Waals surface area contributed by atoms with Crippen LogP contribution >= 0.6 is 15.9 Å². The maximum absolute atomic E-state index is 12.3. The number of hydrogen-bond donors (Lipinski definition) is 0. The van der Waals surface area contributed by atoms with Crippen LogP contribution in [-0.4, -0.2) is 13.9 Å². The zero-order valence-corrected chi connectivity index (χ0v) is 10.5. The van der Waals surface area contributed by atoms with E-state index in [0.717, 1.165) is 6.92 Å². The van der Waals surface area contributed by atoms with Gasteiger partial charge in [-0.25, -0.2) is 8.42 Å². The molecular formula is C9H8BrF3O2S. The van der Waals surface area contributed by atoms with Gasteiger partial charge in [-0.3, -0.25) is 0 Å². The number of rotatable bonds is 2. The summed E-state index contributed by atoms with van der Waals surface area (Å²) in [7, 11) is -5.17. The van der Waals surface area contributed by atoms with Crippen molar-refractivity contribution in [2.75, 3.05) is 0 Å². The third-order valence-electron chi connectivity index (χ3n) is 2.11. The minimum absolute atomic E-state index is 0.103. The van der Waals surface area contributed by atoms with Gasteiger partial charge in [-0.05, 0) is 24.6 Å². The van der Waals surface area contributed by atoms with Crippen molar-refractivity contribution in [1.29, 1.82) is 0 Å². The summed E-state index contributed by atoms with van der Waals surface area (Å²) in [5.41, 5.74) is -5.12. The van der Waals surface area contributed by atoms with Gasteiger partial charge in [0.05, 0.1) is 5.25 Å².